The van der Waals surface area contributed by atoms with Gasteiger partial charge in [-0.25, -0.2) is 0 Å². The van der Waals surface area contributed by atoms with Gasteiger partial charge in [0.1, 0.15) is 0 Å². The molecule has 2 rings (SSSR count). The highest BCUT2D eigenvalue weighted by molar-refractivity contribution is 7.08. The van der Waals surface area contributed by atoms with Crippen molar-refractivity contribution >= 4 is 28.8 Å². The van der Waals surface area contributed by atoms with Gasteiger partial charge in [-0.15, -0.1) is 0 Å². The standard InChI is InChI=1S/C15H16N2O3S/c1-17(7-8-18)15(20)12-4-2-3-5-13(12)16-14(19)11-6-9-21-10-11/h2-6,9-10,18H,7-8H2,1H3,(H,16,19). The van der Waals surface area contributed by atoms with Crippen LogP contribution in [0, 0.1) is 0 Å². The summed E-state index contributed by atoms with van der Waals surface area (Å²) in [5, 5.41) is 15.2. The number of nitrogens with one attached hydrogen (secondary N) is 1. The fourth-order valence-corrected chi connectivity index (χ4v) is 2.46. The number of carbonyl (C=O) groups is 2. The average molecular weight is 304 g/mol. The molecule has 0 aliphatic rings. The first-order valence-corrected chi connectivity index (χ1v) is 7.36. The second-order valence-electron chi connectivity index (χ2n) is 4.46. The molecule has 5 nitrogen and oxygen atoms in total. The third-order valence-electron chi connectivity index (χ3n) is 2.97. The number of para-hydroxylation sites is 1. The van der Waals surface area contributed by atoms with Crippen molar-refractivity contribution in [1.82, 2.24) is 4.90 Å². The van der Waals surface area contributed by atoms with Crippen molar-refractivity contribution in [1.29, 1.82) is 0 Å². The number of aliphatic hydroxyl groups excluding tert-OH is 1. The molecule has 0 saturated carbocycles. The molecule has 110 valence electrons. The van der Waals surface area contributed by atoms with E-state index in [9.17, 15) is 9.59 Å². The lowest BCUT2D eigenvalue weighted by atomic mass is 10.1. The summed E-state index contributed by atoms with van der Waals surface area (Å²) in [6.45, 7) is 0.136. The Balaban J connectivity index is 2.21. The molecule has 0 saturated heterocycles. The maximum Gasteiger partial charge on any atom is 0.256 e. The molecule has 1 aromatic carbocycles. The van der Waals surface area contributed by atoms with Crippen LogP contribution in [0.1, 0.15) is 20.7 Å². The van der Waals surface area contributed by atoms with Crippen LogP contribution in [0.4, 0.5) is 5.69 Å². The van der Waals surface area contributed by atoms with Crippen LogP contribution in [-0.4, -0.2) is 42.0 Å². The third kappa shape index (κ3) is 3.68. The highest BCUT2D eigenvalue weighted by Crippen LogP contribution is 2.18. The van der Waals surface area contributed by atoms with Gasteiger partial charge < -0.3 is 15.3 Å². The van der Waals surface area contributed by atoms with E-state index < -0.39 is 0 Å². The Morgan fingerprint density at radius 2 is 2.05 bits per heavy atom. The fourth-order valence-electron chi connectivity index (χ4n) is 1.82. The summed E-state index contributed by atoms with van der Waals surface area (Å²) >= 11 is 1.44. The van der Waals surface area contributed by atoms with Crippen LogP contribution < -0.4 is 5.32 Å². The van der Waals surface area contributed by atoms with Gasteiger partial charge in [0.25, 0.3) is 11.8 Å². The number of benzene rings is 1. The van der Waals surface area contributed by atoms with Crippen LogP contribution in [0.15, 0.2) is 41.1 Å². The fraction of sp³-hybridized carbons (Fsp3) is 0.200. The molecule has 6 heteroatoms. The van der Waals surface area contributed by atoms with Gasteiger partial charge in [0.05, 0.1) is 23.4 Å². The van der Waals surface area contributed by atoms with Crippen LogP contribution in [0.25, 0.3) is 0 Å². The molecule has 0 atom stereocenters. The van der Waals surface area contributed by atoms with Gasteiger partial charge in [-0.3, -0.25) is 9.59 Å². The lowest BCUT2D eigenvalue weighted by Gasteiger charge is -2.18. The Kier molecular flexibility index (Phi) is 5.08. The van der Waals surface area contributed by atoms with Crippen molar-refractivity contribution in [2.24, 2.45) is 0 Å². The van der Waals surface area contributed by atoms with Gasteiger partial charge in [-0.2, -0.15) is 11.3 Å². The summed E-state index contributed by atoms with van der Waals surface area (Å²) in [6, 6.07) is 8.55. The number of hydrogen-bond acceptors (Lipinski definition) is 4. The molecule has 2 amide bonds. The predicted molar refractivity (Wildman–Crippen MR) is 82.8 cm³/mol. The van der Waals surface area contributed by atoms with E-state index in [1.54, 1.807) is 42.8 Å². The minimum Gasteiger partial charge on any atom is -0.395 e. The largest absolute Gasteiger partial charge is 0.395 e. The summed E-state index contributed by atoms with van der Waals surface area (Å²) < 4.78 is 0. The monoisotopic (exact) mass is 304 g/mol. The van der Waals surface area contributed by atoms with E-state index >= 15 is 0 Å². The molecule has 0 spiro atoms. The SMILES string of the molecule is CN(CCO)C(=O)c1ccccc1NC(=O)c1ccsc1. The topological polar surface area (TPSA) is 69.6 Å². The van der Waals surface area contributed by atoms with Gasteiger partial charge in [0, 0.05) is 19.0 Å². The van der Waals surface area contributed by atoms with Crippen molar-refractivity contribution in [3.05, 3.63) is 52.2 Å². The summed E-state index contributed by atoms with van der Waals surface area (Å²) in [5.41, 5.74) is 1.42. The summed E-state index contributed by atoms with van der Waals surface area (Å²) in [6.07, 6.45) is 0. The normalized spacial score (nSPS) is 10.2. The van der Waals surface area contributed by atoms with Gasteiger partial charge in [0.2, 0.25) is 0 Å². The predicted octanol–water partition coefficient (Wildman–Crippen LogP) is 2.06. The molecule has 0 unspecified atom stereocenters. The van der Waals surface area contributed by atoms with Crippen molar-refractivity contribution in [3.63, 3.8) is 0 Å². The third-order valence-corrected chi connectivity index (χ3v) is 3.65. The van der Waals surface area contributed by atoms with Gasteiger partial charge in [-0.05, 0) is 23.6 Å². The maximum absolute atomic E-state index is 12.3. The van der Waals surface area contributed by atoms with E-state index in [4.69, 9.17) is 5.11 Å². The number of thiophene rings is 1. The van der Waals surface area contributed by atoms with Gasteiger partial charge >= 0.3 is 0 Å². The van der Waals surface area contributed by atoms with E-state index in [2.05, 4.69) is 5.32 Å². The molecule has 0 fully saturated rings. The molecule has 0 bridgehead atoms. The van der Waals surface area contributed by atoms with E-state index in [1.807, 2.05) is 5.38 Å². The van der Waals surface area contributed by atoms with Crippen molar-refractivity contribution in [2.45, 2.75) is 0 Å². The number of nitrogens with zero attached hydrogens (tertiary/aromatic N) is 1. The zero-order valence-corrected chi connectivity index (χ0v) is 12.4. The van der Waals surface area contributed by atoms with Crippen molar-refractivity contribution in [2.75, 3.05) is 25.5 Å². The summed E-state index contributed by atoms with van der Waals surface area (Å²) in [5.74, 6) is -0.494. The number of hydrogen-bond donors (Lipinski definition) is 2. The van der Waals surface area contributed by atoms with Crippen LogP contribution in [0.3, 0.4) is 0 Å². The molecular formula is C15H16N2O3S. The first-order valence-electron chi connectivity index (χ1n) is 6.42. The smallest absolute Gasteiger partial charge is 0.256 e. The van der Waals surface area contributed by atoms with Crippen LogP contribution in [-0.2, 0) is 0 Å². The number of amides is 2. The maximum atomic E-state index is 12.3. The number of likely N-dealkylation sites (N-methyl/N-ethyl adjacent to an activating group) is 1. The second-order valence-corrected chi connectivity index (χ2v) is 5.24. The average Bonchev–Trinajstić information content (AvgIpc) is 3.01. The Morgan fingerprint density at radius 1 is 1.29 bits per heavy atom. The van der Waals surface area contributed by atoms with Gasteiger partial charge in [-0.1, -0.05) is 12.1 Å². The van der Waals surface area contributed by atoms with Crippen molar-refractivity contribution < 1.29 is 14.7 Å². The van der Waals surface area contributed by atoms with Crippen LogP contribution >= 0.6 is 11.3 Å². The molecular weight excluding hydrogens is 288 g/mol. The summed E-state index contributed by atoms with van der Waals surface area (Å²) in [7, 11) is 1.61. The Bertz CT molecular complexity index is 626. The molecule has 1 heterocycles. The molecule has 0 aliphatic heterocycles. The number of carbonyl (C=O) groups excluding carboxylic acids is 2. The van der Waals surface area contributed by atoms with Crippen molar-refractivity contribution in [3.8, 4) is 0 Å². The molecule has 21 heavy (non-hydrogen) atoms. The quantitative estimate of drug-likeness (QED) is 0.888. The molecule has 0 radical (unpaired) electrons. The van der Waals surface area contributed by atoms with Crippen LogP contribution in [0.5, 0.6) is 0 Å². The van der Waals surface area contributed by atoms with Gasteiger partial charge in [0.15, 0.2) is 0 Å². The highest BCUT2D eigenvalue weighted by Gasteiger charge is 2.17. The minimum absolute atomic E-state index is 0.105. The van der Waals surface area contributed by atoms with E-state index in [1.165, 1.54) is 16.2 Å². The Labute approximate surface area is 126 Å². The summed E-state index contributed by atoms with van der Waals surface area (Å²) in [4.78, 5) is 25.8. The highest BCUT2D eigenvalue weighted by atomic mass is 32.1. The Morgan fingerprint density at radius 3 is 2.71 bits per heavy atom. The minimum atomic E-state index is -0.249. The van der Waals surface area contributed by atoms with E-state index in [0.29, 0.717) is 16.8 Å². The number of aliphatic hydroxyl groups is 1. The molecule has 2 N–H and O–H groups in total. The molecule has 1 aromatic heterocycles. The first-order chi connectivity index (χ1) is 10.1. The van der Waals surface area contributed by atoms with Crippen LogP contribution in [0.2, 0.25) is 0 Å². The molecule has 2 aromatic rings. The lowest BCUT2D eigenvalue weighted by molar-refractivity contribution is 0.0768. The zero-order valence-electron chi connectivity index (χ0n) is 11.6. The molecule has 0 aliphatic carbocycles. The Hall–Kier alpha value is -2.18. The lowest BCUT2D eigenvalue weighted by Crippen LogP contribution is -2.30. The zero-order chi connectivity index (χ0) is 15.2. The first kappa shape index (κ1) is 15.2. The number of rotatable bonds is 5. The second kappa shape index (κ2) is 7.01. The van der Waals surface area contributed by atoms with E-state index in [-0.39, 0.29) is 25.0 Å². The van der Waals surface area contributed by atoms with E-state index in [0.717, 1.165) is 0 Å². The number of anilines is 1.